The summed E-state index contributed by atoms with van der Waals surface area (Å²) in [5, 5.41) is 49.1. The van der Waals surface area contributed by atoms with Crippen LogP contribution in [0.1, 0.15) is 109 Å². The Kier molecular flexibility index (Phi) is 24.7. The van der Waals surface area contributed by atoms with Crippen LogP contribution in [-0.4, -0.2) is 257 Å². The number of likely N-dealkylation sites (tertiary alicyclic amines) is 1. The van der Waals surface area contributed by atoms with Gasteiger partial charge in [0.25, 0.3) is 29.5 Å². The van der Waals surface area contributed by atoms with E-state index in [2.05, 4.69) is 118 Å². The third-order valence-electron chi connectivity index (χ3n) is 23.2. The standard InChI is InChI=1S/C33H32FN5O5.C28H30N6O5.C28H29N5O5/c1-3-37-12-14-38(15-13-37)28-9-8-27(40)30(35-28)24-7-4-21(16-26(24)34)10-11-33(18-29(41)36-32(33)43)20-39-19-22-5-6-23(44-2)17-25(22)31(39)42;1-3-32-12-14-33(15-13-32)24(31-38)20-6-4-19(5-7-20)10-11-28(26(36)29-27(37)30-28)18-34-17-21-8-9-22(39-2)16-23(21)25(34)35;1-32-13-10-20(11-14-32)24(31-37)19-5-3-18(4-6-19)9-12-28(26(35)29-27(36)30-28)17-33-16-21-7-8-22(38-2)15-23(21)25(33)34/h4-9,16-17,40H,3,12-15,18-20H2,1-2H3,(H,36,41,43);4-9,16,38H,3,12-15,17-18H2,1-2H3,(H2,29,30,36,37);3-8,15,20,37H,10-11,13-14,16-17H2,1-2H3,(H2,29,30,35,36)/t33-;2*28-/m111/s1. The van der Waals surface area contributed by atoms with Crippen molar-refractivity contribution < 1.29 is 77.3 Å². The number of halogens is 1. The summed E-state index contributed by atoms with van der Waals surface area (Å²) in [5.41, 5.74) is 3.09. The van der Waals surface area contributed by atoms with E-state index in [0.29, 0.717) is 69.0 Å². The zero-order valence-corrected chi connectivity index (χ0v) is 67.7. The second kappa shape index (κ2) is 35.8. The summed E-state index contributed by atoms with van der Waals surface area (Å²) >= 11 is 0. The van der Waals surface area contributed by atoms with Crippen LogP contribution in [0.3, 0.4) is 0 Å². The fourth-order valence-corrected chi connectivity index (χ4v) is 16.2. The molecule has 16 rings (SSSR count). The number of piperidine rings is 1. The van der Waals surface area contributed by atoms with Gasteiger partial charge in [0.05, 0.1) is 46.6 Å². The number of oxime groups is 2. The molecule has 6 saturated heterocycles. The van der Waals surface area contributed by atoms with Crippen molar-refractivity contribution in [3.8, 4) is 69.8 Å². The van der Waals surface area contributed by atoms with Gasteiger partial charge in [-0.3, -0.25) is 49.5 Å². The molecular formula is C89H91FN16O15. The Hall–Kier alpha value is -13.9. The Morgan fingerprint density at radius 2 is 0.975 bits per heavy atom. The number of methoxy groups -OCH3 is 3. The molecule has 0 saturated carbocycles. The number of rotatable bonds is 16. The lowest BCUT2D eigenvalue weighted by molar-refractivity contribution is -0.127. The lowest BCUT2D eigenvalue weighted by Crippen LogP contribution is -2.54. The fourth-order valence-electron chi connectivity index (χ4n) is 16.2. The maximum Gasteiger partial charge on any atom is 0.323 e. The van der Waals surface area contributed by atoms with Crippen LogP contribution in [0.25, 0.3) is 11.3 Å². The number of aromatic hydroxyl groups is 1. The van der Waals surface area contributed by atoms with E-state index in [9.17, 15) is 58.7 Å². The Bertz CT molecular complexity index is 5550. The average molecular weight is 1640 g/mol. The molecule has 11 amide bonds. The van der Waals surface area contributed by atoms with Gasteiger partial charge in [-0.05, 0) is 171 Å². The van der Waals surface area contributed by atoms with Crippen molar-refractivity contribution in [1.82, 2.24) is 65.9 Å². The number of hydrogen-bond donors (Lipinski definition) is 8. The van der Waals surface area contributed by atoms with Gasteiger partial charge in [0, 0.05) is 129 Å². The van der Waals surface area contributed by atoms with Gasteiger partial charge in [0.15, 0.2) is 5.84 Å². The minimum atomic E-state index is -1.60. The number of carbonyl (C=O) groups excluding carboxylic acids is 9. The SMILES string of the molecule is CCN1CCN(C(=NO)c2ccc(C#C[C@]3(CN4Cc5ccc(OC)cc5C4=O)NC(=O)NC3=O)cc2)CC1.CCN1CCN(c2ccc(O)c(-c3ccc(C#C[C@]4(CN5Cc6ccc(OC)cc6C5=O)CC(=O)NC4=O)cc3F)n2)CC1.COc1ccc2c(c1)C(=O)N(C[C@@]1(C#Cc3ccc(C(=NO)C4CCN(C)CC4)cc3)NC(=O)NC1=O)C2. The number of carbonyl (C=O) groups is 9. The van der Waals surface area contributed by atoms with Gasteiger partial charge in [-0.15, -0.1) is 0 Å². The summed E-state index contributed by atoms with van der Waals surface area (Å²) in [6.07, 6.45) is 1.61. The Morgan fingerprint density at radius 3 is 1.40 bits per heavy atom. The smallest absolute Gasteiger partial charge is 0.323 e. The van der Waals surface area contributed by atoms with Crippen molar-refractivity contribution in [2.75, 3.05) is 131 Å². The molecule has 8 N–H and O–H groups in total. The number of amides is 11. The number of pyridine rings is 1. The second-order valence-corrected chi connectivity index (χ2v) is 30.8. The van der Waals surface area contributed by atoms with Crippen LogP contribution >= 0.6 is 0 Å². The molecule has 9 aliphatic rings. The topological polar surface area (TPSA) is 366 Å². The first kappa shape index (κ1) is 83.6. The van der Waals surface area contributed by atoms with Crippen molar-refractivity contribution in [1.29, 1.82) is 0 Å². The van der Waals surface area contributed by atoms with Gasteiger partial charge in [0.2, 0.25) is 22.9 Å². The Labute approximate surface area is 697 Å². The number of piperazine rings is 2. The number of ether oxygens (including phenoxy) is 3. The number of hydrogen-bond acceptors (Lipinski definition) is 22. The third kappa shape index (κ3) is 18.0. The van der Waals surface area contributed by atoms with E-state index in [4.69, 9.17) is 14.2 Å². The molecule has 1 aromatic heterocycles. The number of nitrogens with one attached hydrogen (secondary N) is 5. The van der Waals surface area contributed by atoms with Gasteiger partial charge in [-0.2, -0.15) is 0 Å². The van der Waals surface area contributed by atoms with Gasteiger partial charge >= 0.3 is 12.1 Å². The number of fused-ring (bicyclic) bond motifs is 3. The van der Waals surface area contributed by atoms with Crippen LogP contribution in [0.5, 0.6) is 23.0 Å². The summed E-state index contributed by atoms with van der Waals surface area (Å²) < 4.78 is 31.2. The van der Waals surface area contributed by atoms with Crippen LogP contribution in [0.2, 0.25) is 0 Å². The van der Waals surface area contributed by atoms with Crippen molar-refractivity contribution in [3.05, 3.63) is 200 Å². The lowest BCUT2D eigenvalue weighted by atomic mass is 9.85. The molecular weight excluding hydrogens is 1550 g/mol. The maximum atomic E-state index is 15.5. The van der Waals surface area contributed by atoms with Crippen molar-refractivity contribution in [3.63, 3.8) is 0 Å². The summed E-state index contributed by atoms with van der Waals surface area (Å²) in [7, 11) is 6.65. The summed E-state index contributed by atoms with van der Waals surface area (Å²) in [6, 6.07) is 36.3. The van der Waals surface area contributed by atoms with Crippen molar-refractivity contribution in [2.45, 2.75) is 63.8 Å². The molecule has 6 aromatic carbocycles. The molecule has 3 atom stereocenters. The predicted octanol–water partition coefficient (Wildman–Crippen LogP) is 5.64. The van der Waals surface area contributed by atoms with Gasteiger partial charge in [-0.25, -0.2) is 19.0 Å². The van der Waals surface area contributed by atoms with Crippen LogP contribution in [0, 0.1) is 52.7 Å². The van der Waals surface area contributed by atoms with Crippen LogP contribution in [-0.2, 0) is 38.8 Å². The van der Waals surface area contributed by atoms with E-state index < -0.39 is 58.0 Å². The largest absolute Gasteiger partial charge is 0.506 e. The Balaban J connectivity index is 0.000000149. The number of amidine groups is 1. The number of anilines is 1. The maximum absolute atomic E-state index is 15.5. The number of imide groups is 3. The van der Waals surface area contributed by atoms with E-state index in [1.807, 2.05) is 29.2 Å². The van der Waals surface area contributed by atoms with Crippen molar-refractivity contribution >= 4 is 70.8 Å². The van der Waals surface area contributed by atoms with Gasteiger partial charge in [0.1, 0.15) is 45.7 Å². The van der Waals surface area contributed by atoms with E-state index in [1.54, 1.807) is 91.0 Å². The Morgan fingerprint density at radius 1 is 0.512 bits per heavy atom. The minimum absolute atomic E-state index is 0.106. The molecule has 7 aromatic rings. The highest BCUT2D eigenvalue weighted by atomic mass is 19.1. The molecule has 9 aliphatic heterocycles. The number of aromatic nitrogens is 1. The average Bonchev–Trinajstić information content (AvgIpc) is 1.62. The zero-order chi connectivity index (χ0) is 85.4. The third-order valence-corrected chi connectivity index (χ3v) is 23.2. The molecule has 121 heavy (non-hydrogen) atoms. The molecule has 31 nitrogen and oxygen atoms in total. The van der Waals surface area contributed by atoms with Crippen LogP contribution in [0.15, 0.2) is 144 Å². The zero-order valence-electron chi connectivity index (χ0n) is 67.7. The normalized spacial score (nSPS) is 21.0. The highest BCUT2D eigenvalue weighted by Crippen LogP contribution is 2.38. The first-order valence-corrected chi connectivity index (χ1v) is 39.7. The van der Waals surface area contributed by atoms with E-state index in [1.165, 1.54) is 54.2 Å². The molecule has 624 valence electrons. The summed E-state index contributed by atoms with van der Waals surface area (Å²) in [5.74, 6) is 16.6. The van der Waals surface area contributed by atoms with Gasteiger partial charge in [-0.1, -0.05) is 90.0 Å². The number of nitrogens with zero attached hydrogens (tertiary/aromatic N) is 11. The van der Waals surface area contributed by atoms with E-state index >= 15 is 4.39 Å². The second-order valence-electron chi connectivity index (χ2n) is 30.8. The first-order chi connectivity index (χ1) is 58.4. The minimum Gasteiger partial charge on any atom is -0.506 e. The monoisotopic (exact) mass is 1640 g/mol. The van der Waals surface area contributed by atoms with Crippen molar-refractivity contribution in [2.24, 2.45) is 21.6 Å². The molecule has 32 heteroatoms. The molecule has 6 fully saturated rings. The fraction of sp³-hybridized carbons (Fsp3) is 0.348. The molecule has 0 radical (unpaired) electrons. The molecule has 0 bridgehead atoms. The lowest BCUT2D eigenvalue weighted by Gasteiger charge is -2.35. The van der Waals surface area contributed by atoms with E-state index in [-0.39, 0.29) is 85.4 Å². The van der Waals surface area contributed by atoms with Gasteiger partial charge < -0.3 is 79.6 Å². The summed E-state index contributed by atoms with van der Waals surface area (Å²) in [6.45, 7) is 15.3. The molecule has 0 unspecified atom stereocenters. The van der Waals surface area contributed by atoms with Crippen LogP contribution in [0.4, 0.5) is 19.8 Å². The molecule has 0 aliphatic carbocycles. The quantitative estimate of drug-likeness (QED) is 0.0110. The number of likely N-dealkylation sites (N-methyl/N-ethyl adjacent to an activating group) is 2. The predicted molar refractivity (Wildman–Crippen MR) is 442 cm³/mol. The molecule has 10 heterocycles. The number of benzene rings is 6. The first-order valence-electron chi connectivity index (χ1n) is 39.7. The highest BCUT2D eigenvalue weighted by Gasteiger charge is 2.52. The highest BCUT2D eigenvalue weighted by molar-refractivity contribution is 6.12. The van der Waals surface area contributed by atoms with Crippen LogP contribution < -0.4 is 45.7 Å². The van der Waals surface area contributed by atoms with E-state index in [0.717, 1.165) is 119 Å². The summed E-state index contributed by atoms with van der Waals surface area (Å²) in [4.78, 5) is 135. The molecule has 0 spiro atoms. The number of urea groups is 2.